The quantitative estimate of drug-likeness (QED) is 0.734. The number of rotatable bonds is 5. The maximum atomic E-state index is 12.5. The van der Waals surface area contributed by atoms with Crippen molar-refractivity contribution in [3.05, 3.63) is 11.9 Å². The number of nitrogens with one attached hydrogen (secondary N) is 1. The predicted molar refractivity (Wildman–Crippen MR) is 92.7 cm³/mol. The fourth-order valence-electron chi connectivity index (χ4n) is 4.02. The molecular weight excluding hydrogens is 346 g/mol. The van der Waals surface area contributed by atoms with Gasteiger partial charge in [0.1, 0.15) is 12.2 Å². The van der Waals surface area contributed by atoms with Crippen molar-refractivity contribution in [2.24, 2.45) is 23.5 Å². The number of hydrogen-bond acceptors (Lipinski definition) is 6. The molecule has 3 rings (SSSR count). The Morgan fingerprint density at radius 1 is 1.36 bits per heavy atom. The summed E-state index contributed by atoms with van der Waals surface area (Å²) in [6.45, 7) is 0.333. The van der Waals surface area contributed by atoms with Crippen LogP contribution in [0.5, 0.6) is 0 Å². The van der Waals surface area contributed by atoms with Gasteiger partial charge in [-0.25, -0.2) is 4.68 Å². The third-order valence-corrected chi connectivity index (χ3v) is 5.33. The Bertz CT molecular complexity index is 594. The number of nitrogens with zero attached hydrogens (tertiary/aromatic N) is 3. The van der Waals surface area contributed by atoms with E-state index in [1.165, 1.54) is 18.2 Å². The van der Waals surface area contributed by atoms with Crippen LogP contribution in [-0.2, 0) is 27.4 Å². The molecule has 25 heavy (non-hydrogen) atoms. The summed E-state index contributed by atoms with van der Waals surface area (Å²) in [5.41, 5.74) is 6.90. The van der Waals surface area contributed by atoms with Crippen molar-refractivity contribution < 1.29 is 14.3 Å². The molecule has 1 heterocycles. The van der Waals surface area contributed by atoms with E-state index in [2.05, 4.69) is 20.4 Å². The summed E-state index contributed by atoms with van der Waals surface area (Å²) in [4.78, 5) is 23.7. The number of hydrogen-bond donors (Lipinski definition) is 2. The summed E-state index contributed by atoms with van der Waals surface area (Å²) in [6, 6.07) is 0.265. The Hall–Kier alpha value is -1.67. The van der Waals surface area contributed by atoms with E-state index in [1.54, 1.807) is 6.20 Å². The summed E-state index contributed by atoms with van der Waals surface area (Å²) in [7, 11) is 1.33. The van der Waals surface area contributed by atoms with E-state index in [0.29, 0.717) is 24.1 Å². The molecule has 1 aromatic rings. The van der Waals surface area contributed by atoms with Crippen LogP contribution in [0.4, 0.5) is 0 Å². The highest BCUT2D eigenvalue weighted by Gasteiger charge is 2.40. The molecule has 9 heteroatoms. The highest BCUT2D eigenvalue weighted by atomic mass is 35.5. The second-order valence-electron chi connectivity index (χ2n) is 6.90. The first-order valence-electron chi connectivity index (χ1n) is 8.56. The SMILES string of the molecule is COC(=O)Cn1cc(CNC(=O)C2CC3CCCC(C2)C3N)nn1.Cl. The van der Waals surface area contributed by atoms with E-state index in [-0.39, 0.29) is 42.8 Å². The normalized spacial score (nSPS) is 27.9. The van der Waals surface area contributed by atoms with Gasteiger partial charge >= 0.3 is 5.97 Å². The molecule has 1 aromatic heterocycles. The van der Waals surface area contributed by atoms with Crippen LogP contribution in [-0.4, -0.2) is 40.0 Å². The fourth-order valence-corrected chi connectivity index (χ4v) is 4.02. The van der Waals surface area contributed by atoms with Gasteiger partial charge in [-0.2, -0.15) is 0 Å². The number of methoxy groups -OCH3 is 1. The van der Waals surface area contributed by atoms with Crippen LogP contribution in [0.3, 0.4) is 0 Å². The lowest BCUT2D eigenvalue weighted by Crippen LogP contribution is -2.49. The van der Waals surface area contributed by atoms with Crippen molar-refractivity contribution in [2.75, 3.05) is 7.11 Å². The molecule has 0 radical (unpaired) electrons. The monoisotopic (exact) mass is 371 g/mol. The molecule has 0 aromatic carbocycles. The first-order chi connectivity index (χ1) is 11.6. The van der Waals surface area contributed by atoms with Crippen molar-refractivity contribution >= 4 is 24.3 Å². The number of carbonyl (C=O) groups excluding carboxylic acids is 2. The summed E-state index contributed by atoms with van der Waals surface area (Å²) in [5.74, 6) is 0.690. The number of carbonyl (C=O) groups is 2. The second-order valence-corrected chi connectivity index (χ2v) is 6.90. The average Bonchev–Trinajstić information content (AvgIpc) is 2.99. The Labute approximate surface area is 153 Å². The van der Waals surface area contributed by atoms with Gasteiger partial charge in [0.15, 0.2) is 0 Å². The highest BCUT2D eigenvalue weighted by molar-refractivity contribution is 5.85. The first kappa shape index (κ1) is 19.7. The number of nitrogens with two attached hydrogens (primary N) is 1. The van der Waals surface area contributed by atoms with E-state index in [9.17, 15) is 9.59 Å². The van der Waals surface area contributed by atoms with Gasteiger partial charge in [0.25, 0.3) is 0 Å². The van der Waals surface area contributed by atoms with Crippen molar-refractivity contribution in [3.63, 3.8) is 0 Å². The summed E-state index contributed by atoms with van der Waals surface area (Å²) in [5, 5.41) is 10.8. The van der Waals surface area contributed by atoms with E-state index >= 15 is 0 Å². The standard InChI is InChI=1S/C16H25N5O3.ClH/c1-24-14(22)9-21-8-13(19-20-21)7-18-16(23)12-5-10-3-2-4-11(6-12)15(10)17;/h8,10-12,15H,2-7,9,17H2,1H3,(H,18,23);1H. The number of esters is 1. The van der Waals surface area contributed by atoms with E-state index in [4.69, 9.17) is 5.73 Å². The number of halogens is 1. The number of aromatic nitrogens is 3. The van der Waals surface area contributed by atoms with Crippen LogP contribution in [0.15, 0.2) is 6.20 Å². The molecule has 2 unspecified atom stereocenters. The van der Waals surface area contributed by atoms with Gasteiger partial charge in [-0.3, -0.25) is 9.59 Å². The molecular formula is C16H26ClN5O3. The van der Waals surface area contributed by atoms with Gasteiger partial charge in [-0.05, 0) is 37.5 Å². The fraction of sp³-hybridized carbons (Fsp3) is 0.750. The zero-order valence-corrected chi connectivity index (χ0v) is 15.2. The molecule has 0 saturated heterocycles. The minimum atomic E-state index is -0.388. The van der Waals surface area contributed by atoms with Crippen molar-refractivity contribution in [3.8, 4) is 0 Å². The van der Waals surface area contributed by atoms with Gasteiger partial charge in [0.2, 0.25) is 5.91 Å². The lowest BCUT2D eigenvalue weighted by molar-refractivity contribution is -0.141. The van der Waals surface area contributed by atoms with Crippen molar-refractivity contribution in [1.29, 1.82) is 0 Å². The molecule has 140 valence electrons. The Kier molecular flexibility index (Phi) is 6.78. The second kappa shape index (κ2) is 8.62. The third kappa shape index (κ3) is 4.70. The maximum absolute atomic E-state index is 12.5. The van der Waals surface area contributed by atoms with Crippen LogP contribution in [0.25, 0.3) is 0 Å². The Morgan fingerprint density at radius 2 is 2.04 bits per heavy atom. The zero-order valence-electron chi connectivity index (χ0n) is 14.4. The highest BCUT2D eigenvalue weighted by Crippen LogP contribution is 2.41. The van der Waals surface area contributed by atoms with E-state index < -0.39 is 0 Å². The molecule has 2 aliphatic rings. The number of amides is 1. The van der Waals surface area contributed by atoms with Crippen LogP contribution < -0.4 is 11.1 Å². The smallest absolute Gasteiger partial charge is 0.327 e. The minimum Gasteiger partial charge on any atom is -0.468 e. The third-order valence-electron chi connectivity index (χ3n) is 5.33. The van der Waals surface area contributed by atoms with E-state index in [0.717, 1.165) is 25.7 Å². The molecule has 0 aliphatic heterocycles. The van der Waals surface area contributed by atoms with Gasteiger partial charge < -0.3 is 15.8 Å². The topological polar surface area (TPSA) is 112 Å². The van der Waals surface area contributed by atoms with Gasteiger partial charge in [0.05, 0.1) is 19.9 Å². The van der Waals surface area contributed by atoms with Crippen molar-refractivity contribution in [2.45, 2.75) is 51.2 Å². The minimum absolute atomic E-state index is 0. The first-order valence-corrected chi connectivity index (χ1v) is 8.56. The van der Waals surface area contributed by atoms with Crippen LogP contribution in [0.2, 0.25) is 0 Å². The lowest BCUT2D eigenvalue weighted by Gasteiger charge is -2.43. The van der Waals surface area contributed by atoms with Gasteiger partial charge in [-0.1, -0.05) is 11.6 Å². The Balaban J connectivity index is 0.00000225. The predicted octanol–water partition coefficient (Wildman–Crippen LogP) is 0.643. The molecule has 2 bridgehead atoms. The molecule has 2 saturated carbocycles. The molecule has 3 N–H and O–H groups in total. The average molecular weight is 372 g/mol. The molecule has 2 atom stereocenters. The van der Waals surface area contributed by atoms with Crippen LogP contribution in [0, 0.1) is 17.8 Å². The van der Waals surface area contributed by atoms with Gasteiger partial charge in [-0.15, -0.1) is 17.5 Å². The largest absolute Gasteiger partial charge is 0.468 e. The molecule has 1 amide bonds. The maximum Gasteiger partial charge on any atom is 0.327 e. The zero-order chi connectivity index (χ0) is 17.1. The molecule has 2 aliphatic carbocycles. The summed E-state index contributed by atoms with van der Waals surface area (Å²) in [6.07, 6.45) is 6.94. The molecule has 2 fully saturated rings. The van der Waals surface area contributed by atoms with Crippen molar-refractivity contribution in [1.82, 2.24) is 20.3 Å². The summed E-state index contributed by atoms with van der Waals surface area (Å²) >= 11 is 0. The van der Waals surface area contributed by atoms with Crippen LogP contribution in [0.1, 0.15) is 37.8 Å². The molecule has 0 spiro atoms. The summed E-state index contributed by atoms with van der Waals surface area (Å²) < 4.78 is 5.98. The van der Waals surface area contributed by atoms with Gasteiger partial charge in [0, 0.05) is 12.0 Å². The lowest BCUT2D eigenvalue weighted by atomic mass is 9.65. The Morgan fingerprint density at radius 3 is 2.68 bits per heavy atom. The molecule has 8 nitrogen and oxygen atoms in total. The number of fused-ring (bicyclic) bond motifs is 2. The number of ether oxygens (including phenoxy) is 1. The van der Waals surface area contributed by atoms with E-state index in [1.807, 2.05) is 0 Å². The van der Waals surface area contributed by atoms with Crippen LogP contribution >= 0.6 is 12.4 Å².